The van der Waals surface area contributed by atoms with Gasteiger partial charge in [-0.05, 0) is 19.9 Å². The van der Waals surface area contributed by atoms with Crippen molar-refractivity contribution in [3.63, 3.8) is 0 Å². The minimum Gasteiger partial charge on any atom is -0.378 e. The first-order valence-corrected chi connectivity index (χ1v) is 7.40. The normalized spacial score (nSPS) is 17.1. The Morgan fingerprint density at radius 2 is 1.85 bits per heavy atom. The number of amides is 2. The standard InChI is InChI=1S/C14H27N3O3/c1-11(2)15-6-4-5-13(18)16-12(3)14(19)17-7-9-20-10-8-17/h11-12,15H,4-10H2,1-3H3,(H,16,18). The summed E-state index contributed by atoms with van der Waals surface area (Å²) in [5.41, 5.74) is 0. The van der Waals surface area contributed by atoms with E-state index in [1.807, 2.05) is 0 Å². The molecule has 6 nitrogen and oxygen atoms in total. The molecular formula is C14H27N3O3. The van der Waals surface area contributed by atoms with E-state index < -0.39 is 6.04 Å². The third-order valence-electron chi connectivity index (χ3n) is 3.20. The van der Waals surface area contributed by atoms with Crippen LogP contribution in [-0.4, -0.2) is 61.6 Å². The highest BCUT2D eigenvalue weighted by Crippen LogP contribution is 2.01. The molecule has 0 aliphatic carbocycles. The number of morpholine rings is 1. The van der Waals surface area contributed by atoms with E-state index in [-0.39, 0.29) is 11.8 Å². The number of nitrogens with zero attached hydrogens (tertiary/aromatic N) is 1. The molecule has 1 atom stereocenters. The van der Waals surface area contributed by atoms with Crippen molar-refractivity contribution >= 4 is 11.8 Å². The molecule has 1 unspecified atom stereocenters. The minimum atomic E-state index is -0.460. The van der Waals surface area contributed by atoms with Gasteiger partial charge in [-0.2, -0.15) is 0 Å². The maximum Gasteiger partial charge on any atom is 0.245 e. The van der Waals surface area contributed by atoms with E-state index in [4.69, 9.17) is 4.74 Å². The molecule has 1 aliphatic heterocycles. The van der Waals surface area contributed by atoms with Crippen LogP contribution >= 0.6 is 0 Å². The van der Waals surface area contributed by atoms with Gasteiger partial charge in [-0.25, -0.2) is 0 Å². The largest absolute Gasteiger partial charge is 0.378 e. The Hall–Kier alpha value is -1.14. The van der Waals surface area contributed by atoms with Crippen LogP contribution in [0.25, 0.3) is 0 Å². The molecule has 0 bridgehead atoms. The fraction of sp³-hybridized carbons (Fsp3) is 0.857. The van der Waals surface area contributed by atoms with Crippen LogP contribution in [-0.2, 0) is 14.3 Å². The second kappa shape index (κ2) is 8.92. The highest BCUT2D eigenvalue weighted by atomic mass is 16.5. The number of ether oxygens (including phenoxy) is 1. The van der Waals surface area contributed by atoms with Crippen LogP contribution in [0, 0.1) is 0 Å². The van der Waals surface area contributed by atoms with Crippen molar-refractivity contribution in [3.8, 4) is 0 Å². The summed E-state index contributed by atoms with van der Waals surface area (Å²) < 4.78 is 5.21. The van der Waals surface area contributed by atoms with Gasteiger partial charge in [-0.3, -0.25) is 9.59 Å². The summed E-state index contributed by atoms with van der Waals surface area (Å²) in [6.07, 6.45) is 1.23. The van der Waals surface area contributed by atoms with Crippen molar-refractivity contribution in [1.29, 1.82) is 0 Å². The lowest BCUT2D eigenvalue weighted by molar-refractivity contribution is -0.139. The van der Waals surface area contributed by atoms with Crippen LogP contribution in [0.2, 0.25) is 0 Å². The molecule has 0 radical (unpaired) electrons. The Morgan fingerprint density at radius 1 is 1.20 bits per heavy atom. The quantitative estimate of drug-likeness (QED) is 0.652. The molecule has 1 heterocycles. The van der Waals surface area contributed by atoms with E-state index >= 15 is 0 Å². The molecule has 1 aliphatic rings. The monoisotopic (exact) mass is 285 g/mol. The Bertz CT molecular complexity index is 315. The molecule has 0 aromatic heterocycles. The van der Waals surface area contributed by atoms with Gasteiger partial charge in [-0.15, -0.1) is 0 Å². The summed E-state index contributed by atoms with van der Waals surface area (Å²) in [6, 6.07) is -0.0291. The van der Waals surface area contributed by atoms with Crippen LogP contribution < -0.4 is 10.6 Å². The summed E-state index contributed by atoms with van der Waals surface area (Å²) >= 11 is 0. The zero-order valence-corrected chi connectivity index (χ0v) is 12.8. The molecule has 1 saturated heterocycles. The topological polar surface area (TPSA) is 70.7 Å². The van der Waals surface area contributed by atoms with E-state index in [0.717, 1.165) is 13.0 Å². The fourth-order valence-corrected chi connectivity index (χ4v) is 2.07. The molecule has 2 amide bonds. The smallest absolute Gasteiger partial charge is 0.245 e. The van der Waals surface area contributed by atoms with Crippen molar-refractivity contribution in [2.45, 2.75) is 45.7 Å². The Kier molecular flexibility index (Phi) is 7.54. The number of rotatable bonds is 7. The van der Waals surface area contributed by atoms with Crippen LogP contribution in [0.4, 0.5) is 0 Å². The highest BCUT2D eigenvalue weighted by Gasteiger charge is 2.23. The van der Waals surface area contributed by atoms with E-state index in [9.17, 15) is 9.59 Å². The van der Waals surface area contributed by atoms with Crippen LogP contribution in [0.3, 0.4) is 0 Å². The first-order valence-electron chi connectivity index (χ1n) is 7.40. The molecule has 0 saturated carbocycles. The number of carbonyl (C=O) groups excluding carboxylic acids is 2. The zero-order chi connectivity index (χ0) is 15.0. The molecular weight excluding hydrogens is 258 g/mol. The maximum absolute atomic E-state index is 12.1. The Labute approximate surface area is 121 Å². The first kappa shape index (κ1) is 16.9. The van der Waals surface area contributed by atoms with E-state index in [1.54, 1.807) is 11.8 Å². The zero-order valence-electron chi connectivity index (χ0n) is 12.8. The lowest BCUT2D eigenvalue weighted by atomic mass is 10.2. The predicted molar refractivity (Wildman–Crippen MR) is 77.4 cm³/mol. The summed E-state index contributed by atoms with van der Waals surface area (Å²) in [7, 11) is 0. The van der Waals surface area contributed by atoms with Gasteiger partial charge in [0.05, 0.1) is 13.2 Å². The Morgan fingerprint density at radius 3 is 2.45 bits per heavy atom. The molecule has 6 heteroatoms. The van der Waals surface area contributed by atoms with Crippen molar-refractivity contribution in [2.24, 2.45) is 0 Å². The second-order valence-corrected chi connectivity index (χ2v) is 5.44. The number of hydrogen-bond acceptors (Lipinski definition) is 4. The molecule has 0 aromatic carbocycles. The van der Waals surface area contributed by atoms with Crippen LogP contribution in [0.5, 0.6) is 0 Å². The van der Waals surface area contributed by atoms with Crippen molar-refractivity contribution in [2.75, 3.05) is 32.8 Å². The number of hydrogen-bond donors (Lipinski definition) is 2. The number of carbonyl (C=O) groups is 2. The van der Waals surface area contributed by atoms with Gasteiger partial charge in [0.1, 0.15) is 6.04 Å². The summed E-state index contributed by atoms with van der Waals surface area (Å²) in [5, 5.41) is 6.03. The van der Waals surface area contributed by atoms with Gasteiger partial charge in [0, 0.05) is 25.6 Å². The third-order valence-corrected chi connectivity index (χ3v) is 3.20. The van der Waals surface area contributed by atoms with Gasteiger partial charge < -0.3 is 20.3 Å². The lowest BCUT2D eigenvalue weighted by Gasteiger charge is -2.29. The summed E-state index contributed by atoms with van der Waals surface area (Å²) in [6.45, 7) is 9.07. The third kappa shape index (κ3) is 6.34. The van der Waals surface area contributed by atoms with Gasteiger partial charge >= 0.3 is 0 Å². The highest BCUT2D eigenvalue weighted by molar-refractivity contribution is 5.87. The molecule has 116 valence electrons. The first-order chi connectivity index (χ1) is 9.50. The SMILES string of the molecule is CC(C)NCCCC(=O)NC(C)C(=O)N1CCOCC1. The lowest BCUT2D eigenvalue weighted by Crippen LogP contribution is -2.50. The van der Waals surface area contributed by atoms with Crippen LogP contribution in [0.15, 0.2) is 0 Å². The summed E-state index contributed by atoms with van der Waals surface area (Å²) in [5.74, 6) is -0.0911. The van der Waals surface area contributed by atoms with E-state index in [1.165, 1.54) is 0 Å². The van der Waals surface area contributed by atoms with Crippen LogP contribution in [0.1, 0.15) is 33.6 Å². The van der Waals surface area contributed by atoms with E-state index in [0.29, 0.717) is 38.8 Å². The molecule has 1 fully saturated rings. The minimum absolute atomic E-state index is 0.0260. The van der Waals surface area contributed by atoms with Crippen molar-refractivity contribution in [1.82, 2.24) is 15.5 Å². The Balaban J connectivity index is 2.21. The molecule has 20 heavy (non-hydrogen) atoms. The van der Waals surface area contributed by atoms with Gasteiger partial charge in [-0.1, -0.05) is 13.8 Å². The van der Waals surface area contributed by atoms with Crippen molar-refractivity contribution in [3.05, 3.63) is 0 Å². The second-order valence-electron chi connectivity index (χ2n) is 5.44. The van der Waals surface area contributed by atoms with Gasteiger partial charge in [0.2, 0.25) is 11.8 Å². The summed E-state index contributed by atoms with van der Waals surface area (Å²) in [4.78, 5) is 25.6. The predicted octanol–water partition coefficient (Wildman–Crippen LogP) is 0.128. The van der Waals surface area contributed by atoms with Gasteiger partial charge in [0.25, 0.3) is 0 Å². The number of nitrogens with one attached hydrogen (secondary N) is 2. The molecule has 1 rings (SSSR count). The fourth-order valence-electron chi connectivity index (χ4n) is 2.07. The van der Waals surface area contributed by atoms with Gasteiger partial charge in [0.15, 0.2) is 0 Å². The van der Waals surface area contributed by atoms with Crippen molar-refractivity contribution < 1.29 is 14.3 Å². The molecule has 2 N–H and O–H groups in total. The molecule has 0 spiro atoms. The molecule has 0 aromatic rings. The maximum atomic E-state index is 12.1. The van der Waals surface area contributed by atoms with E-state index in [2.05, 4.69) is 24.5 Å². The average molecular weight is 285 g/mol. The average Bonchev–Trinajstić information content (AvgIpc) is 2.43.